The number of carbonyl (C=O) groups is 2. The highest BCUT2D eigenvalue weighted by Gasteiger charge is 2.47. The molecule has 1 aromatic carbocycles. The van der Waals surface area contributed by atoms with Crippen molar-refractivity contribution in [1.29, 1.82) is 0 Å². The second-order valence-electron chi connectivity index (χ2n) is 4.16. The summed E-state index contributed by atoms with van der Waals surface area (Å²) in [5.41, 5.74) is 4.54. The Morgan fingerprint density at radius 1 is 1.44 bits per heavy atom. The highest BCUT2D eigenvalue weighted by atomic mass is 16.5. The Labute approximate surface area is 93.4 Å². The van der Waals surface area contributed by atoms with Crippen LogP contribution in [0.3, 0.4) is 0 Å². The monoisotopic (exact) mass is 219 g/mol. The van der Waals surface area contributed by atoms with E-state index in [1.54, 1.807) is 38.1 Å². The van der Waals surface area contributed by atoms with E-state index in [0.29, 0.717) is 11.3 Å². The van der Waals surface area contributed by atoms with E-state index in [9.17, 15) is 9.59 Å². The van der Waals surface area contributed by atoms with Gasteiger partial charge < -0.3 is 10.5 Å². The average molecular weight is 219 g/mol. The zero-order chi connectivity index (χ0) is 11.9. The molecule has 0 spiro atoms. The highest BCUT2D eigenvalue weighted by molar-refractivity contribution is 6.05. The maximum atomic E-state index is 12.0. The minimum absolute atomic E-state index is 0.108. The van der Waals surface area contributed by atoms with Gasteiger partial charge in [-0.15, -0.1) is 0 Å². The number of fused-ring (bicyclic) bond motifs is 1. The van der Waals surface area contributed by atoms with Gasteiger partial charge in [-0.2, -0.15) is 0 Å². The van der Waals surface area contributed by atoms with Crippen LogP contribution in [0.2, 0.25) is 0 Å². The molecule has 1 amide bonds. The fraction of sp³-hybridized carbons (Fsp3) is 0.333. The van der Waals surface area contributed by atoms with Gasteiger partial charge in [-0.3, -0.25) is 9.59 Å². The van der Waals surface area contributed by atoms with E-state index in [0.717, 1.165) is 0 Å². The molecular formula is C12H13NO3. The second kappa shape index (κ2) is 3.33. The van der Waals surface area contributed by atoms with Crippen molar-refractivity contribution in [3.8, 4) is 5.75 Å². The number of hydrogen-bond acceptors (Lipinski definition) is 3. The van der Waals surface area contributed by atoms with Crippen molar-refractivity contribution in [3.63, 3.8) is 0 Å². The van der Waals surface area contributed by atoms with Crippen molar-refractivity contribution in [1.82, 2.24) is 0 Å². The third-order valence-electron chi connectivity index (χ3n) is 3.18. The highest BCUT2D eigenvalue weighted by Crippen LogP contribution is 2.36. The number of Topliss-reactive ketones (excluding diaryl/α,β-unsaturated/α-hetero) is 1. The average Bonchev–Trinajstić information content (AvgIpc) is 2.26. The number of amides is 1. The number of primary amides is 1. The molecule has 2 rings (SSSR count). The summed E-state index contributed by atoms with van der Waals surface area (Å²) in [6.07, 6.45) is 0. The maximum absolute atomic E-state index is 12.0. The maximum Gasteiger partial charge on any atom is 0.262 e. The van der Waals surface area contributed by atoms with Crippen molar-refractivity contribution >= 4 is 11.7 Å². The summed E-state index contributed by atoms with van der Waals surface area (Å²) < 4.78 is 5.57. The van der Waals surface area contributed by atoms with Crippen LogP contribution >= 0.6 is 0 Å². The molecule has 2 atom stereocenters. The third-order valence-corrected chi connectivity index (χ3v) is 3.18. The first-order chi connectivity index (χ1) is 7.47. The van der Waals surface area contributed by atoms with Gasteiger partial charge in [-0.05, 0) is 19.1 Å². The van der Waals surface area contributed by atoms with E-state index in [1.807, 2.05) is 0 Å². The molecule has 0 fully saturated rings. The van der Waals surface area contributed by atoms with Gasteiger partial charge in [-0.25, -0.2) is 0 Å². The molecule has 0 radical (unpaired) electrons. The minimum Gasteiger partial charge on any atom is -0.476 e. The fourth-order valence-electron chi connectivity index (χ4n) is 1.82. The van der Waals surface area contributed by atoms with Gasteiger partial charge >= 0.3 is 0 Å². The van der Waals surface area contributed by atoms with Crippen LogP contribution in [0.1, 0.15) is 24.2 Å². The topological polar surface area (TPSA) is 69.4 Å². The van der Waals surface area contributed by atoms with Gasteiger partial charge in [0.2, 0.25) is 0 Å². The Morgan fingerprint density at radius 2 is 2.06 bits per heavy atom. The lowest BCUT2D eigenvalue weighted by Gasteiger charge is -2.37. The molecule has 16 heavy (non-hydrogen) atoms. The summed E-state index contributed by atoms with van der Waals surface area (Å²) in [5.74, 6) is -0.877. The normalized spacial score (nSPS) is 28.1. The van der Waals surface area contributed by atoms with Crippen LogP contribution in [-0.4, -0.2) is 17.3 Å². The Morgan fingerprint density at radius 3 is 2.69 bits per heavy atom. The zero-order valence-corrected chi connectivity index (χ0v) is 9.19. The molecule has 1 aliphatic heterocycles. The van der Waals surface area contributed by atoms with Crippen molar-refractivity contribution in [2.24, 2.45) is 11.7 Å². The van der Waals surface area contributed by atoms with Crippen LogP contribution in [-0.2, 0) is 4.79 Å². The van der Waals surface area contributed by atoms with Gasteiger partial charge in [0.15, 0.2) is 11.4 Å². The predicted molar refractivity (Wildman–Crippen MR) is 58.2 cm³/mol. The number of nitrogens with two attached hydrogens (primary N) is 1. The van der Waals surface area contributed by atoms with Crippen LogP contribution in [0, 0.1) is 5.92 Å². The van der Waals surface area contributed by atoms with E-state index in [1.165, 1.54) is 0 Å². The summed E-state index contributed by atoms with van der Waals surface area (Å²) in [7, 11) is 0. The van der Waals surface area contributed by atoms with Crippen molar-refractivity contribution in [2.75, 3.05) is 0 Å². The quantitative estimate of drug-likeness (QED) is 0.770. The lowest BCUT2D eigenvalue weighted by atomic mass is 9.81. The molecule has 2 unspecified atom stereocenters. The van der Waals surface area contributed by atoms with Crippen LogP contribution < -0.4 is 10.5 Å². The van der Waals surface area contributed by atoms with E-state index >= 15 is 0 Å². The molecule has 1 heterocycles. The van der Waals surface area contributed by atoms with E-state index in [2.05, 4.69) is 0 Å². The van der Waals surface area contributed by atoms with Crippen molar-refractivity contribution in [3.05, 3.63) is 29.8 Å². The van der Waals surface area contributed by atoms with Crippen LogP contribution in [0.25, 0.3) is 0 Å². The molecule has 1 aliphatic rings. The van der Waals surface area contributed by atoms with E-state index in [4.69, 9.17) is 10.5 Å². The molecule has 0 aliphatic carbocycles. The number of rotatable bonds is 1. The summed E-state index contributed by atoms with van der Waals surface area (Å²) in [6.45, 7) is 3.21. The first kappa shape index (κ1) is 10.7. The van der Waals surface area contributed by atoms with Crippen LogP contribution in [0.4, 0.5) is 0 Å². The number of carbonyl (C=O) groups excluding carboxylic acids is 2. The van der Waals surface area contributed by atoms with Gasteiger partial charge in [0.25, 0.3) is 5.91 Å². The fourth-order valence-corrected chi connectivity index (χ4v) is 1.82. The minimum atomic E-state index is -1.26. The molecule has 4 nitrogen and oxygen atoms in total. The van der Waals surface area contributed by atoms with Crippen molar-refractivity contribution in [2.45, 2.75) is 19.4 Å². The number of para-hydroxylation sites is 1. The first-order valence-corrected chi connectivity index (χ1v) is 5.09. The van der Waals surface area contributed by atoms with Crippen LogP contribution in [0.15, 0.2) is 24.3 Å². The molecule has 0 saturated carbocycles. The molecule has 2 N–H and O–H groups in total. The van der Waals surface area contributed by atoms with Gasteiger partial charge in [0, 0.05) is 0 Å². The number of ether oxygens (including phenoxy) is 1. The van der Waals surface area contributed by atoms with E-state index in [-0.39, 0.29) is 5.78 Å². The van der Waals surface area contributed by atoms with Gasteiger partial charge in [0.1, 0.15) is 5.75 Å². The lowest BCUT2D eigenvalue weighted by molar-refractivity contribution is -0.135. The van der Waals surface area contributed by atoms with E-state index < -0.39 is 17.4 Å². The smallest absolute Gasteiger partial charge is 0.262 e. The molecule has 0 saturated heterocycles. The third kappa shape index (κ3) is 1.30. The summed E-state index contributed by atoms with van der Waals surface area (Å²) >= 11 is 0. The number of benzene rings is 1. The number of ketones is 1. The molecule has 1 aromatic rings. The summed E-state index contributed by atoms with van der Waals surface area (Å²) in [6, 6.07) is 6.87. The SMILES string of the molecule is CC1C(=O)c2ccccc2OC1(C)C(N)=O. The van der Waals surface area contributed by atoms with Gasteiger partial charge in [0.05, 0.1) is 11.5 Å². The van der Waals surface area contributed by atoms with Crippen molar-refractivity contribution < 1.29 is 14.3 Å². The zero-order valence-electron chi connectivity index (χ0n) is 9.19. The Bertz CT molecular complexity index is 469. The largest absolute Gasteiger partial charge is 0.476 e. The molecule has 0 aromatic heterocycles. The molecule has 0 bridgehead atoms. The Hall–Kier alpha value is -1.84. The summed E-state index contributed by atoms with van der Waals surface area (Å²) in [5, 5.41) is 0. The standard InChI is InChI=1S/C12H13NO3/c1-7-10(14)8-5-3-4-6-9(8)16-12(7,2)11(13)15/h3-7H,1-2H3,(H2,13,15). The summed E-state index contributed by atoms with van der Waals surface area (Å²) in [4.78, 5) is 23.4. The second-order valence-corrected chi connectivity index (χ2v) is 4.16. The number of hydrogen-bond donors (Lipinski definition) is 1. The molecular weight excluding hydrogens is 206 g/mol. The Balaban J connectivity index is 2.55. The molecule has 84 valence electrons. The van der Waals surface area contributed by atoms with Gasteiger partial charge in [-0.1, -0.05) is 19.1 Å². The Kier molecular flexibility index (Phi) is 2.22. The predicted octanol–water partition coefficient (Wildman–Crippen LogP) is 1.14. The first-order valence-electron chi connectivity index (χ1n) is 5.09. The molecule has 4 heteroatoms. The van der Waals surface area contributed by atoms with Crippen LogP contribution in [0.5, 0.6) is 5.75 Å². The lowest BCUT2D eigenvalue weighted by Crippen LogP contribution is -2.55.